The first-order chi connectivity index (χ1) is 12.1. The zero-order valence-corrected chi connectivity index (χ0v) is 16.0. The zero-order valence-electron chi connectivity index (χ0n) is 13.6. The van der Waals surface area contributed by atoms with Gasteiger partial charge in [-0.15, -0.1) is 0 Å². The van der Waals surface area contributed by atoms with Crippen molar-refractivity contribution in [2.75, 3.05) is 14.2 Å². The monoisotopic (exact) mass is 418 g/mol. The van der Waals surface area contributed by atoms with Gasteiger partial charge in [-0.3, -0.25) is 0 Å². The second kappa shape index (κ2) is 7.62. The van der Waals surface area contributed by atoms with Gasteiger partial charge in [0.05, 0.1) is 24.9 Å². The Bertz CT molecular complexity index is 967. The number of methoxy groups -OCH3 is 2. The van der Waals surface area contributed by atoms with Crippen LogP contribution in [0.25, 0.3) is 11.4 Å². The molecule has 25 heavy (non-hydrogen) atoms. The van der Waals surface area contributed by atoms with Gasteiger partial charge in [-0.25, -0.2) is 5.10 Å². The molecule has 1 heterocycles. The summed E-state index contributed by atoms with van der Waals surface area (Å²) in [4.78, 5) is 0. The Balaban J connectivity index is 2.00. The maximum absolute atomic E-state index is 5.35. The van der Waals surface area contributed by atoms with Crippen LogP contribution < -0.4 is 9.47 Å². The fraction of sp³-hybridized carbons (Fsp3) is 0.118. The van der Waals surface area contributed by atoms with E-state index in [0.717, 1.165) is 15.6 Å². The molecule has 0 saturated heterocycles. The highest BCUT2D eigenvalue weighted by atomic mass is 79.9. The largest absolute Gasteiger partial charge is 0.493 e. The average Bonchev–Trinajstić information content (AvgIpc) is 3.00. The van der Waals surface area contributed by atoms with E-state index in [1.165, 1.54) is 0 Å². The van der Waals surface area contributed by atoms with Crippen molar-refractivity contribution < 1.29 is 9.47 Å². The zero-order chi connectivity index (χ0) is 17.8. The Hall–Kier alpha value is -2.45. The van der Waals surface area contributed by atoms with Crippen molar-refractivity contribution in [3.8, 4) is 22.9 Å². The number of aromatic amines is 1. The first-order valence-electron chi connectivity index (χ1n) is 7.32. The van der Waals surface area contributed by atoms with Gasteiger partial charge in [0, 0.05) is 5.56 Å². The summed E-state index contributed by atoms with van der Waals surface area (Å²) >= 11 is 8.75. The topological polar surface area (TPSA) is 64.4 Å². The first-order valence-corrected chi connectivity index (χ1v) is 8.53. The molecule has 128 valence electrons. The van der Waals surface area contributed by atoms with Gasteiger partial charge in [0.2, 0.25) is 4.77 Å². The second-order valence-corrected chi connectivity index (χ2v) is 6.25. The maximum atomic E-state index is 5.35. The van der Waals surface area contributed by atoms with Crippen LogP contribution in [0.5, 0.6) is 11.5 Å². The maximum Gasteiger partial charge on any atom is 0.216 e. The summed E-state index contributed by atoms with van der Waals surface area (Å²) in [5.74, 6) is 1.88. The number of aromatic nitrogens is 3. The van der Waals surface area contributed by atoms with Gasteiger partial charge in [0.25, 0.3) is 0 Å². The molecule has 3 rings (SSSR count). The minimum absolute atomic E-state index is 0.412. The summed E-state index contributed by atoms with van der Waals surface area (Å²) in [6, 6.07) is 13.4. The molecule has 3 aromatic rings. The van der Waals surface area contributed by atoms with Gasteiger partial charge < -0.3 is 9.47 Å². The van der Waals surface area contributed by atoms with Gasteiger partial charge in [-0.2, -0.15) is 14.9 Å². The van der Waals surface area contributed by atoms with E-state index in [0.29, 0.717) is 22.1 Å². The molecule has 0 atom stereocenters. The Morgan fingerprint density at radius 3 is 2.64 bits per heavy atom. The predicted molar refractivity (Wildman–Crippen MR) is 103 cm³/mol. The number of rotatable bonds is 5. The Labute approximate surface area is 158 Å². The molecule has 0 bridgehead atoms. The highest BCUT2D eigenvalue weighted by Gasteiger charge is 2.10. The smallest absolute Gasteiger partial charge is 0.216 e. The van der Waals surface area contributed by atoms with Crippen LogP contribution in [0.4, 0.5) is 0 Å². The number of H-pyrrole nitrogens is 1. The number of benzene rings is 2. The summed E-state index contributed by atoms with van der Waals surface area (Å²) < 4.78 is 13.4. The van der Waals surface area contributed by atoms with E-state index in [9.17, 15) is 0 Å². The fourth-order valence-electron chi connectivity index (χ4n) is 2.31. The molecule has 0 fully saturated rings. The fourth-order valence-corrected chi connectivity index (χ4v) is 3.11. The molecule has 0 spiro atoms. The minimum Gasteiger partial charge on any atom is -0.493 e. The van der Waals surface area contributed by atoms with Gasteiger partial charge in [-0.1, -0.05) is 30.3 Å². The Kier molecular flexibility index (Phi) is 5.30. The summed E-state index contributed by atoms with van der Waals surface area (Å²) in [7, 11) is 3.18. The molecule has 8 heteroatoms. The lowest BCUT2D eigenvalue weighted by Crippen LogP contribution is -1.97. The van der Waals surface area contributed by atoms with Crippen LogP contribution in [-0.4, -0.2) is 35.3 Å². The number of hydrogen-bond donors (Lipinski definition) is 1. The van der Waals surface area contributed by atoms with E-state index in [1.54, 1.807) is 25.1 Å². The molecule has 1 N–H and O–H groups in total. The summed E-state index contributed by atoms with van der Waals surface area (Å²) in [6.07, 6.45) is 1.68. The standard InChI is InChI=1S/C17H15BrN4O2S/c1-23-14-9-11(8-13(18)15(14)24-2)10-19-22-16(20-21-17(22)25)12-6-4-3-5-7-12/h3-10H,1-2H3,(H,21,25)/b19-10-. The average molecular weight is 419 g/mol. The SMILES string of the molecule is COc1cc(/C=N\n2c(-c3ccccc3)n[nH]c2=S)cc(Br)c1OC. The molecule has 0 unspecified atom stereocenters. The van der Waals surface area contributed by atoms with Crippen LogP contribution in [0, 0.1) is 4.77 Å². The van der Waals surface area contributed by atoms with Crippen LogP contribution in [0.1, 0.15) is 5.56 Å². The van der Waals surface area contributed by atoms with Crippen molar-refractivity contribution in [2.24, 2.45) is 5.10 Å². The van der Waals surface area contributed by atoms with E-state index < -0.39 is 0 Å². The molecular formula is C17H15BrN4O2S. The first kappa shape index (κ1) is 17.4. The molecule has 0 saturated carbocycles. The lowest BCUT2D eigenvalue weighted by atomic mass is 10.2. The highest BCUT2D eigenvalue weighted by molar-refractivity contribution is 9.10. The van der Waals surface area contributed by atoms with Crippen LogP contribution in [0.15, 0.2) is 52.0 Å². The number of ether oxygens (including phenoxy) is 2. The third-order valence-electron chi connectivity index (χ3n) is 3.46. The molecule has 0 radical (unpaired) electrons. The molecule has 0 aliphatic rings. The predicted octanol–water partition coefficient (Wildman–Crippen LogP) is 4.27. The number of nitrogens with one attached hydrogen (secondary N) is 1. The molecule has 1 aromatic heterocycles. The normalized spacial score (nSPS) is 11.0. The minimum atomic E-state index is 0.412. The molecule has 0 aliphatic carbocycles. The van der Waals surface area contributed by atoms with Gasteiger partial charge in [0.15, 0.2) is 17.3 Å². The lowest BCUT2D eigenvalue weighted by Gasteiger charge is -2.10. The quantitative estimate of drug-likeness (QED) is 0.496. The summed E-state index contributed by atoms with van der Waals surface area (Å²) in [5, 5.41) is 11.5. The van der Waals surface area contributed by atoms with Crippen molar-refractivity contribution in [1.29, 1.82) is 0 Å². The van der Waals surface area contributed by atoms with Crippen LogP contribution in [0.2, 0.25) is 0 Å². The lowest BCUT2D eigenvalue weighted by molar-refractivity contribution is 0.353. The summed E-state index contributed by atoms with van der Waals surface area (Å²) in [5.41, 5.74) is 1.74. The van der Waals surface area contributed by atoms with Crippen molar-refractivity contribution in [3.63, 3.8) is 0 Å². The van der Waals surface area contributed by atoms with Gasteiger partial charge >= 0.3 is 0 Å². The van der Waals surface area contributed by atoms with Crippen molar-refractivity contribution in [2.45, 2.75) is 0 Å². The molecule has 0 amide bonds. The second-order valence-electron chi connectivity index (χ2n) is 5.01. The molecular weight excluding hydrogens is 404 g/mol. The van der Waals surface area contributed by atoms with E-state index >= 15 is 0 Å². The van der Waals surface area contributed by atoms with Crippen molar-refractivity contribution in [1.82, 2.24) is 14.9 Å². The van der Waals surface area contributed by atoms with E-state index in [1.807, 2.05) is 42.5 Å². The Morgan fingerprint density at radius 2 is 1.96 bits per heavy atom. The van der Waals surface area contributed by atoms with Gasteiger partial charge in [0.1, 0.15) is 0 Å². The third-order valence-corrected chi connectivity index (χ3v) is 4.31. The summed E-state index contributed by atoms with van der Waals surface area (Å²) in [6.45, 7) is 0. The van der Waals surface area contributed by atoms with Crippen LogP contribution in [0.3, 0.4) is 0 Å². The molecule has 2 aromatic carbocycles. The van der Waals surface area contributed by atoms with Crippen molar-refractivity contribution in [3.05, 3.63) is 57.3 Å². The third kappa shape index (κ3) is 3.64. The van der Waals surface area contributed by atoms with Gasteiger partial charge in [-0.05, 0) is 45.8 Å². The van der Waals surface area contributed by atoms with E-state index in [4.69, 9.17) is 21.7 Å². The van der Waals surface area contributed by atoms with Crippen molar-refractivity contribution >= 4 is 34.4 Å². The Morgan fingerprint density at radius 1 is 1.20 bits per heavy atom. The van der Waals surface area contributed by atoms with Crippen LogP contribution in [-0.2, 0) is 0 Å². The molecule has 6 nitrogen and oxygen atoms in total. The number of nitrogens with zero attached hydrogens (tertiary/aromatic N) is 3. The number of hydrogen-bond acceptors (Lipinski definition) is 5. The van der Waals surface area contributed by atoms with Crippen LogP contribution >= 0.6 is 28.1 Å². The van der Waals surface area contributed by atoms with E-state index in [2.05, 4.69) is 31.2 Å². The highest BCUT2D eigenvalue weighted by Crippen LogP contribution is 2.35. The molecule has 0 aliphatic heterocycles. The van der Waals surface area contributed by atoms with E-state index in [-0.39, 0.29) is 0 Å². The number of halogens is 1.